The molecule has 0 unspecified atom stereocenters. The second kappa shape index (κ2) is 12.9. The number of nitrogens with zero attached hydrogens (tertiary/aromatic N) is 6. The Morgan fingerprint density at radius 1 is 0.860 bits per heavy atom. The molecule has 0 aliphatic carbocycles. The highest BCUT2D eigenvalue weighted by Crippen LogP contribution is 2.33. The van der Waals surface area contributed by atoms with Crippen LogP contribution in [0.3, 0.4) is 0 Å². The van der Waals surface area contributed by atoms with Crippen molar-refractivity contribution in [1.29, 1.82) is 0 Å². The summed E-state index contributed by atoms with van der Waals surface area (Å²) in [6.45, 7) is 6.90. The number of aromatic amines is 1. The van der Waals surface area contributed by atoms with Crippen LogP contribution in [0.4, 0.5) is 0 Å². The van der Waals surface area contributed by atoms with E-state index in [4.69, 9.17) is 10.1 Å². The van der Waals surface area contributed by atoms with Gasteiger partial charge in [0, 0.05) is 36.0 Å². The van der Waals surface area contributed by atoms with Gasteiger partial charge in [-0.2, -0.15) is 0 Å². The fourth-order valence-electron chi connectivity index (χ4n) is 5.61. The van der Waals surface area contributed by atoms with Crippen molar-refractivity contribution in [2.75, 3.05) is 13.1 Å². The van der Waals surface area contributed by atoms with Crippen molar-refractivity contribution in [2.24, 2.45) is 0 Å². The minimum absolute atomic E-state index is 0.129. The summed E-state index contributed by atoms with van der Waals surface area (Å²) in [5.74, 6) is 2.05. The Bertz CT molecular complexity index is 1840. The molecule has 0 amide bonds. The first-order valence-electron chi connectivity index (χ1n) is 14.9. The van der Waals surface area contributed by atoms with Gasteiger partial charge >= 0.3 is 0 Å². The highest BCUT2D eigenvalue weighted by atomic mass is 16.1. The molecule has 1 saturated heterocycles. The number of benzene rings is 2. The Hall–Kier alpha value is -4.95. The number of rotatable bonds is 6. The monoisotopic (exact) mass is 569 g/mol. The van der Waals surface area contributed by atoms with Gasteiger partial charge in [-0.3, -0.25) is 9.69 Å². The van der Waals surface area contributed by atoms with Gasteiger partial charge in [-0.1, -0.05) is 74.5 Å². The predicted octanol–water partition coefficient (Wildman–Crippen LogP) is 6.64. The second-order valence-electron chi connectivity index (χ2n) is 10.5. The highest BCUT2D eigenvalue weighted by Gasteiger charge is 2.24. The largest absolute Gasteiger partial charge is 0.328 e. The van der Waals surface area contributed by atoms with Crippen LogP contribution in [-0.4, -0.2) is 47.7 Å². The molecule has 0 saturated carbocycles. The number of hydrogen-bond donors (Lipinski definition) is 1. The van der Waals surface area contributed by atoms with E-state index in [0.29, 0.717) is 16.8 Å². The average Bonchev–Trinajstić information content (AvgIpc) is 3.58. The van der Waals surface area contributed by atoms with E-state index < -0.39 is 0 Å². The number of hydrogen-bond acceptors (Lipinski definition) is 6. The van der Waals surface area contributed by atoms with Crippen LogP contribution in [0, 0.1) is 0 Å². The molecule has 1 fully saturated rings. The van der Waals surface area contributed by atoms with Crippen molar-refractivity contribution in [1.82, 2.24) is 34.6 Å². The third-order valence-corrected chi connectivity index (χ3v) is 7.82. The molecule has 0 radical (unpaired) electrons. The van der Waals surface area contributed by atoms with E-state index in [0.717, 1.165) is 66.5 Å². The minimum Gasteiger partial charge on any atom is -0.328 e. The summed E-state index contributed by atoms with van der Waals surface area (Å²) in [7, 11) is 0. The smallest absolute Gasteiger partial charge is 0.257 e. The summed E-state index contributed by atoms with van der Waals surface area (Å²) in [4.78, 5) is 31.6. The molecule has 1 N–H and O–H groups in total. The maximum absolute atomic E-state index is 12.5. The molecule has 1 aliphatic rings. The Balaban J connectivity index is 0.00000161. The van der Waals surface area contributed by atoms with Gasteiger partial charge in [-0.05, 0) is 61.3 Å². The molecule has 7 rings (SSSR count). The van der Waals surface area contributed by atoms with Gasteiger partial charge in [0.2, 0.25) is 0 Å². The summed E-state index contributed by atoms with van der Waals surface area (Å²) < 4.78 is 1.76. The van der Waals surface area contributed by atoms with Crippen LogP contribution < -0.4 is 5.56 Å². The van der Waals surface area contributed by atoms with Gasteiger partial charge in [-0.15, -0.1) is 5.10 Å². The molecule has 8 nitrogen and oxygen atoms in total. The number of piperidine rings is 1. The Labute approximate surface area is 251 Å². The topological polar surface area (TPSA) is 92.6 Å². The third kappa shape index (κ3) is 6.15. The van der Waals surface area contributed by atoms with E-state index in [1.807, 2.05) is 62.4 Å². The Morgan fingerprint density at radius 2 is 1.63 bits per heavy atom. The number of nitrogens with one attached hydrogen (secondary N) is 1. The van der Waals surface area contributed by atoms with E-state index in [1.54, 1.807) is 23.4 Å². The SMILES string of the molecule is CC.O=c1[nH]ccc2nc(-c3ccc(CN4CCC(c5ncn(-c6ccccn6)n5)CC4)cc3)c(-c3ccccc3)cc12. The second-order valence-corrected chi connectivity index (χ2v) is 10.5. The zero-order valence-corrected chi connectivity index (χ0v) is 24.5. The van der Waals surface area contributed by atoms with Crippen LogP contribution in [0.5, 0.6) is 0 Å². The van der Waals surface area contributed by atoms with E-state index in [9.17, 15) is 4.79 Å². The zero-order chi connectivity index (χ0) is 29.6. The van der Waals surface area contributed by atoms with Crippen LogP contribution in [0.25, 0.3) is 39.1 Å². The van der Waals surface area contributed by atoms with E-state index in [2.05, 4.69) is 56.3 Å². The lowest BCUT2D eigenvalue weighted by Crippen LogP contribution is -2.32. The van der Waals surface area contributed by atoms with Gasteiger partial charge in [0.05, 0.1) is 16.6 Å². The average molecular weight is 570 g/mol. The molecule has 8 heteroatoms. The van der Waals surface area contributed by atoms with Crippen LogP contribution in [0.1, 0.15) is 44.0 Å². The molecule has 2 aromatic carbocycles. The first kappa shape index (κ1) is 28.2. The normalized spacial score (nSPS) is 13.9. The maximum atomic E-state index is 12.5. The predicted molar refractivity (Wildman–Crippen MR) is 171 cm³/mol. The summed E-state index contributed by atoms with van der Waals surface area (Å²) in [5, 5.41) is 5.30. The molecule has 6 aromatic rings. The van der Waals surface area contributed by atoms with E-state index >= 15 is 0 Å². The number of pyridine rings is 3. The van der Waals surface area contributed by atoms with Gasteiger partial charge < -0.3 is 4.98 Å². The van der Waals surface area contributed by atoms with Crippen LogP contribution in [0.15, 0.2) is 108 Å². The molecule has 43 heavy (non-hydrogen) atoms. The van der Waals surface area contributed by atoms with Crippen LogP contribution in [-0.2, 0) is 6.54 Å². The molecule has 0 bridgehead atoms. The van der Waals surface area contributed by atoms with Crippen LogP contribution in [0.2, 0.25) is 0 Å². The first-order chi connectivity index (χ1) is 21.2. The Kier molecular flexibility index (Phi) is 8.47. The number of aromatic nitrogens is 6. The van der Waals surface area contributed by atoms with Crippen molar-refractivity contribution >= 4 is 10.9 Å². The molecule has 4 aromatic heterocycles. The lowest BCUT2D eigenvalue weighted by Gasteiger charge is -2.30. The summed E-state index contributed by atoms with van der Waals surface area (Å²) in [6.07, 6.45) is 7.25. The van der Waals surface area contributed by atoms with Crippen molar-refractivity contribution in [3.05, 3.63) is 125 Å². The van der Waals surface area contributed by atoms with Crippen molar-refractivity contribution in [2.45, 2.75) is 39.2 Å². The molecule has 1 aliphatic heterocycles. The minimum atomic E-state index is -0.129. The molecule has 216 valence electrons. The fraction of sp³-hybridized carbons (Fsp3) is 0.229. The van der Waals surface area contributed by atoms with E-state index in [1.165, 1.54) is 5.56 Å². The fourth-order valence-corrected chi connectivity index (χ4v) is 5.61. The first-order valence-corrected chi connectivity index (χ1v) is 14.9. The molecule has 0 spiro atoms. The van der Waals surface area contributed by atoms with Gasteiger partial charge in [0.1, 0.15) is 6.33 Å². The standard InChI is InChI=1S/C33H29N7O.C2H6/c41-33-28-20-27(24-6-2-1-3-7-24)31(37-29(28)13-17-35-33)25-11-9-23(10-12-25)21-39-18-14-26(15-19-39)32-36-22-40(38-32)30-8-4-5-16-34-30;1-2/h1-13,16-17,20,22,26H,14-15,18-19,21H2,(H,35,41);1-2H3. The molecular weight excluding hydrogens is 534 g/mol. The van der Waals surface area contributed by atoms with E-state index in [-0.39, 0.29) is 5.56 Å². The van der Waals surface area contributed by atoms with Crippen molar-refractivity contribution in [3.8, 4) is 28.2 Å². The highest BCUT2D eigenvalue weighted by molar-refractivity contribution is 5.91. The summed E-state index contributed by atoms with van der Waals surface area (Å²) in [6, 6.07) is 28.4. The maximum Gasteiger partial charge on any atom is 0.257 e. The number of H-pyrrole nitrogens is 1. The number of fused-ring (bicyclic) bond motifs is 1. The van der Waals surface area contributed by atoms with Gasteiger partial charge in [-0.25, -0.2) is 19.6 Å². The van der Waals surface area contributed by atoms with Crippen molar-refractivity contribution < 1.29 is 0 Å². The molecular formula is C35H35N7O. The summed E-state index contributed by atoms with van der Waals surface area (Å²) >= 11 is 0. The molecule has 0 atom stereocenters. The van der Waals surface area contributed by atoms with Gasteiger partial charge in [0.15, 0.2) is 11.6 Å². The summed E-state index contributed by atoms with van der Waals surface area (Å²) in [5.41, 5.74) is 5.71. The number of likely N-dealkylation sites (tertiary alicyclic amines) is 1. The van der Waals surface area contributed by atoms with Crippen molar-refractivity contribution in [3.63, 3.8) is 0 Å². The van der Waals surface area contributed by atoms with Gasteiger partial charge in [0.25, 0.3) is 5.56 Å². The third-order valence-electron chi connectivity index (χ3n) is 7.82. The molecule has 5 heterocycles. The Morgan fingerprint density at radius 3 is 2.37 bits per heavy atom. The zero-order valence-electron chi connectivity index (χ0n) is 24.5. The lowest BCUT2D eigenvalue weighted by molar-refractivity contribution is 0.201. The lowest BCUT2D eigenvalue weighted by atomic mass is 9.95. The quantitative estimate of drug-likeness (QED) is 0.242. The van der Waals surface area contributed by atoms with Crippen LogP contribution >= 0.6 is 0 Å².